The summed E-state index contributed by atoms with van der Waals surface area (Å²) < 4.78 is 4.55. The molecule has 0 aliphatic rings. The fraction of sp³-hybridized carbons (Fsp3) is 0.100. The first-order chi connectivity index (χ1) is 8.97. The number of rotatable bonds is 5. The van der Waals surface area contributed by atoms with Gasteiger partial charge in [0.25, 0.3) is 0 Å². The van der Waals surface area contributed by atoms with Crippen LogP contribution >= 0.6 is 0 Å². The summed E-state index contributed by atoms with van der Waals surface area (Å²) in [6.45, 7) is 3.22. The molecule has 0 aromatic carbocycles. The van der Waals surface area contributed by atoms with E-state index in [0.29, 0.717) is 0 Å². The molecule has 0 spiro atoms. The molecule has 0 atom stereocenters. The van der Waals surface area contributed by atoms with Crippen LogP contribution in [0.25, 0.3) is 0 Å². The standard InChI is InChI=1S/C10H9N3O6/c1-2-5-19-10(16)12-8-7(13(17)18)6(9(14)15)3-4-11-8/h2-4H,1,5H2,(H,14,15)(H,11,12,16). The van der Waals surface area contributed by atoms with E-state index in [1.54, 1.807) is 0 Å². The van der Waals surface area contributed by atoms with Crippen LogP contribution in [0.1, 0.15) is 10.4 Å². The van der Waals surface area contributed by atoms with Gasteiger partial charge in [-0.05, 0) is 6.07 Å². The molecular weight excluding hydrogens is 258 g/mol. The Labute approximate surface area is 106 Å². The maximum atomic E-state index is 11.2. The molecule has 19 heavy (non-hydrogen) atoms. The van der Waals surface area contributed by atoms with Gasteiger partial charge in [-0.15, -0.1) is 0 Å². The molecule has 1 aromatic rings. The fourth-order valence-electron chi connectivity index (χ4n) is 1.17. The predicted octanol–water partition coefficient (Wildman–Crippen LogP) is 1.42. The molecule has 0 saturated carbocycles. The van der Waals surface area contributed by atoms with E-state index in [1.165, 1.54) is 6.08 Å². The smallest absolute Gasteiger partial charge is 0.413 e. The number of carbonyl (C=O) groups excluding carboxylic acids is 1. The van der Waals surface area contributed by atoms with Crippen LogP contribution in [0.5, 0.6) is 0 Å². The SMILES string of the molecule is C=CCOC(=O)Nc1nccc(C(=O)O)c1[N+](=O)[O-]. The average molecular weight is 267 g/mol. The monoisotopic (exact) mass is 267 g/mol. The van der Waals surface area contributed by atoms with E-state index in [0.717, 1.165) is 12.3 Å². The molecule has 2 N–H and O–H groups in total. The number of nitrogens with one attached hydrogen (secondary N) is 1. The number of hydrogen-bond acceptors (Lipinski definition) is 6. The first kappa shape index (κ1) is 14.1. The van der Waals surface area contributed by atoms with Crippen molar-refractivity contribution in [3.05, 3.63) is 40.6 Å². The summed E-state index contributed by atoms with van der Waals surface area (Å²) in [7, 11) is 0. The number of anilines is 1. The van der Waals surface area contributed by atoms with Crippen LogP contribution in [0.3, 0.4) is 0 Å². The molecule has 1 amide bonds. The summed E-state index contributed by atoms with van der Waals surface area (Å²) in [4.78, 5) is 35.5. The number of amides is 1. The summed E-state index contributed by atoms with van der Waals surface area (Å²) >= 11 is 0. The van der Waals surface area contributed by atoms with Gasteiger partial charge in [-0.25, -0.2) is 14.6 Å². The zero-order valence-electron chi connectivity index (χ0n) is 9.53. The molecule has 9 heteroatoms. The van der Waals surface area contributed by atoms with Gasteiger partial charge >= 0.3 is 17.7 Å². The molecule has 0 unspecified atom stereocenters. The zero-order chi connectivity index (χ0) is 14.4. The van der Waals surface area contributed by atoms with Gasteiger partial charge < -0.3 is 9.84 Å². The van der Waals surface area contributed by atoms with E-state index >= 15 is 0 Å². The van der Waals surface area contributed by atoms with Crippen molar-refractivity contribution in [3.8, 4) is 0 Å². The first-order valence-electron chi connectivity index (χ1n) is 4.88. The van der Waals surface area contributed by atoms with Crippen LogP contribution in [0, 0.1) is 10.1 Å². The van der Waals surface area contributed by atoms with E-state index in [-0.39, 0.29) is 6.61 Å². The van der Waals surface area contributed by atoms with Crippen molar-refractivity contribution in [3.63, 3.8) is 0 Å². The van der Waals surface area contributed by atoms with E-state index in [1.807, 2.05) is 5.32 Å². The zero-order valence-corrected chi connectivity index (χ0v) is 9.53. The molecule has 0 bridgehead atoms. The Balaban J connectivity index is 3.10. The third-order valence-electron chi connectivity index (χ3n) is 1.89. The lowest BCUT2D eigenvalue weighted by Gasteiger charge is -2.06. The minimum Gasteiger partial charge on any atom is -0.477 e. The number of nitro groups is 1. The second kappa shape index (κ2) is 6.10. The van der Waals surface area contributed by atoms with Crippen molar-refractivity contribution < 1.29 is 24.4 Å². The first-order valence-corrected chi connectivity index (χ1v) is 4.88. The quantitative estimate of drug-likeness (QED) is 0.468. The van der Waals surface area contributed by atoms with Crippen LogP contribution in [0.2, 0.25) is 0 Å². The highest BCUT2D eigenvalue weighted by molar-refractivity contribution is 5.97. The van der Waals surface area contributed by atoms with Gasteiger partial charge in [0.05, 0.1) is 4.92 Å². The molecule has 0 aliphatic carbocycles. The number of aromatic carboxylic acids is 1. The lowest BCUT2D eigenvalue weighted by Crippen LogP contribution is -2.17. The van der Waals surface area contributed by atoms with Crippen LogP contribution in [0.4, 0.5) is 16.3 Å². The number of carboxylic acid groups (broad SMARTS) is 1. The Morgan fingerprint density at radius 1 is 1.63 bits per heavy atom. The van der Waals surface area contributed by atoms with Gasteiger partial charge in [-0.2, -0.15) is 0 Å². The van der Waals surface area contributed by atoms with Crippen molar-refractivity contribution >= 4 is 23.6 Å². The molecule has 0 radical (unpaired) electrons. The summed E-state index contributed by atoms with van der Waals surface area (Å²) in [6.07, 6.45) is 1.33. The molecular formula is C10H9N3O6. The number of ether oxygens (including phenoxy) is 1. The van der Waals surface area contributed by atoms with Gasteiger partial charge in [-0.1, -0.05) is 12.7 Å². The molecule has 1 heterocycles. The van der Waals surface area contributed by atoms with Crippen molar-refractivity contribution in [2.45, 2.75) is 0 Å². The summed E-state index contributed by atoms with van der Waals surface area (Å²) in [6, 6.07) is 0.959. The average Bonchev–Trinajstić information content (AvgIpc) is 2.35. The lowest BCUT2D eigenvalue weighted by molar-refractivity contribution is -0.384. The Bertz CT molecular complexity index is 542. The van der Waals surface area contributed by atoms with E-state index < -0.39 is 34.1 Å². The fourth-order valence-corrected chi connectivity index (χ4v) is 1.17. The van der Waals surface area contributed by atoms with Gasteiger partial charge in [0, 0.05) is 6.20 Å². The van der Waals surface area contributed by atoms with Crippen LogP contribution in [-0.2, 0) is 4.74 Å². The van der Waals surface area contributed by atoms with E-state index in [4.69, 9.17) is 5.11 Å². The molecule has 0 saturated heterocycles. The third kappa shape index (κ3) is 3.49. The minimum absolute atomic E-state index is 0.0990. The van der Waals surface area contributed by atoms with E-state index in [2.05, 4.69) is 16.3 Å². The van der Waals surface area contributed by atoms with E-state index in [9.17, 15) is 19.7 Å². The number of hydrogen-bond donors (Lipinski definition) is 2. The molecule has 1 aromatic heterocycles. The molecule has 9 nitrogen and oxygen atoms in total. The largest absolute Gasteiger partial charge is 0.477 e. The minimum atomic E-state index is -1.50. The number of nitrogens with zero attached hydrogens (tertiary/aromatic N) is 2. The Hall–Kier alpha value is -2.97. The Kier molecular flexibility index (Phi) is 4.52. The highest BCUT2D eigenvalue weighted by Crippen LogP contribution is 2.26. The number of carbonyl (C=O) groups is 2. The lowest BCUT2D eigenvalue weighted by atomic mass is 10.2. The number of pyridine rings is 1. The topological polar surface area (TPSA) is 132 Å². The van der Waals surface area contributed by atoms with Crippen molar-refractivity contribution in [2.75, 3.05) is 11.9 Å². The van der Waals surface area contributed by atoms with Gasteiger partial charge in [0.2, 0.25) is 5.82 Å². The molecule has 100 valence electrons. The van der Waals surface area contributed by atoms with Crippen LogP contribution in [0.15, 0.2) is 24.9 Å². The Morgan fingerprint density at radius 3 is 2.84 bits per heavy atom. The van der Waals surface area contributed by atoms with Crippen molar-refractivity contribution in [2.24, 2.45) is 0 Å². The summed E-state index contributed by atoms with van der Waals surface area (Å²) in [5.41, 5.74) is -1.40. The van der Waals surface area contributed by atoms with Gasteiger partial charge in [0.15, 0.2) is 0 Å². The predicted molar refractivity (Wildman–Crippen MR) is 63.0 cm³/mol. The van der Waals surface area contributed by atoms with Crippen LogP contribution < -0.4 is 5.32 Å². The Morgan fingerprint density at radius 2 is 2.32 bits per heavy atom. The second-order valence-electron chi connectivity index (χ2n) is 3.13. The third-order valence-corrected chi connectivity index (χ3v) is 1.89. The summed E-state index contributed by atoms with van der Waals surface area (Å²) in [5, 5.41) is 21.7. The molecule has 0 fully saturated rings. The summed E-state index contributed by atoms with van der Waals surface area (Å²) in [5.74, 6) is -2.00. The maximum Gasteiger partial charge on any atom is 0.413 e. The van der Waals surface area contributed by atoms with Crippen molar-refractivity contribution in [1.82, 2.24) is 4.98 Å². The molecule has 1 rings (SSSR count). The van der Waals surface area contributed by atoms with Gasteiger partial charge in [-0.3, -0.25) is 15.4 Å². The normalized spacial score (nSPS) is 9.47. The highest BCUT2D eigenvalue weighted by atomic mass is 16.6. The highest BCUT2D eigenvalue weighted by Gasteiger charge is 2.26. The number of carboxylic acids is 1. The van der Waals surface area contributed by atoms with Crippen LogP contribution in [-0.4, -0.2) is 33.7 Å². The maximum absolute atomic E-state index is 11.2. The van der Waals surface area contributed by atoms with Gasteiger partial charge in [0.1, 0.15) is 12.2 Å². The van der Waals surface area contributed by atoms with Crippen molar-refractivity contribution in [1.29, 1.82) is 0 Å². The molecule has 0 aliphatic heterocycles. The second-order valence-corrected chi connectivity index (χ2v) is 3.13. The number of aromatic nitrogens is 1.